The van der Waals surface area contributed by atoms with Crippen LogP contribution in [0.25, 0.3) is 0 Å². The number of sulfonamides is 1. The Morgan fingerprint density at radius 2 is 1.73 bits per heavy atom. The van der Waals surface area contributed by atoms with Crippen molar-refractivity contribution in [2.75, 3.05) is 16.6 Å². The lowest BCUT2D eigenvalue weighted by molar-refractivity contribution is -0.121. The molecule has 156 valence electrons. The lowest BCUT2D eigenvalue weighted by Gasteiger charge is -2.13. The molecule has 0 bridgehead atoms. The van der Waals surface area contributed by atoms with E-state index in [0.717, 1.165) is 5.56 Å². The van der Waals surface area contributed by atoms with E-state index in [0.29, 0.717) is 28.6 Å². The fourth-order valence-electron chi connectivity index (χ4n) is 2.76. The first-order valence-electron chi connectivity index (χ1n) is 9.14. The highest BCUT2D eigenvalue weighted by Gasteiger charge is 2.18. The molecule has 2 N–H and O–H groups in total. The van der Waals surface area contributed by atoms with Crippen LogP contribution >= 0.6 is 11.6 Å². The Morgan fingerprint density at radius 3 is 2.47 bits per heavy atom. The highest BCUT2D eigenvalue weighted by Crippen LogP contribution is 2.24. The Hall–Kier alpha value is -2.87. The van der Waals surface area contributed by atoms with Crippen molar-refractivity contribution in [1.29, 1.82) is 0 Å². The predicted molar refractivity (Wildman–Crippen MR) is 118 cm³/mol. The highest BCUT2D eigenvalue weighted by atomic mass is 35.5. The molecule has 3 aromatic carbocycles. The fourth-order valence-corrected chi connectivity index (χ4v) is 4.27. The summed E-state index contributed by atoms with van der Waals surface area (Å²) >= 11 is 5.92. The standard InChI is InChI=1S/C22H21ClN2O4S/c1-16-10-11-19(24-22(26)15-29-14-17-6-3-2-4-7-17)13-21(16)30(27,28)25-20-9-5-8-18(23)12-20/h2-13,25H,14-15H2,1H3,(H,24,26). The first kappa shape index (κ1) is 21.8. The maximum Gasteiger partial charge on any atom is 0.262 e. The van der Waals surface area contributed by atoms with Gasteiger partial charge >= 0.3 is 0 Å². The Labute approximate surface area is 180 Å². The minimum absolute atomic E-state index is 0.0606. The maximum atomic E-state index is 12.8. The molecule has 8 heteroatoms. The van der Waals surface area contributed by atoms with Gasteiger partial charge in [-0.1, -0.05) is 54.1 Å². The number of nitrogens with one attached hydrogen (secondary N) is 2. The van der Waals surface area contributed by atoms with Crippen LogP contribution in [-0.4, -0.2) is 20.9 Å². The van der Waals surface area contributed by atoms with Gasteiger partial charge in [-0.2, -0.15) is 0 Å². The van der Waals surface area contributed by atoms with Crippen molar-refractivity contribution in [3.05, 3.63) is 88.9 Å². The Morgan fingerprint density at radius 1 is 0.967 bits per heavy atom. The molecule has 0 saturated carbocycles. The van der Waals surface area contributed by atoms with E-state index in [1.54, 1.807) is 37.3 Å². The van der Waals surface area contributed by atoms with E-state index < -0.39 is 10.0 Å². The quantitative estimate of drug-likeness (QED) is 0.531. The molecule has 0 radical (unpaired) electrons. The van der Waals surface area contributed by atoms with Crippen LogP contribution in [0.3, 0.4) is 0 Å². The second kappa shape index (κ2) is 9.75. The summed E-state index contributed by atoms with van der Waals surface area (Å²) in [6.45, 7) is 1.85. The summed E-state index contributed by atoms with van der Waals surface area (Å²) in [5.41, 5.74) is 2.22. The summed E-state index contributed by atoms with van der Waals surface area (Å²) in [7, 11) is -3.86. The molecule has 0 fully saturated rings. The zero-order chi connectivity index (χ0) is 21.6. The van der Waals surface area contributed by atoms with E-state index in [2.05, 4.69) is 10.0 Å². The fraction of sp³-hybridized carbons (Fsp3) is 0.136. The SMILES string of the molecule is Cc1ccc(NC(=O)COCc2ccccc2)cc1S(=O)(=O)Nc1cccc(Cl)c1. The molecule has 0 spiro atoms. The van der Waals surface area contributed by atoms with Crippen LogP contribution in [0.5, 0.6) is 0 Å². The zero-order valence-corrected chi connectivity index (χ0v) is 17.8. The molecule has 1 amide bonds. The third-order valence-corrected chi connectivity index (χ3v) is 5.94. The number of halogens is 1. The number of hydrogen-bond donors (Lipinski definition) is 2. The van der Waals surface area contributed by atoms with E-state index in [-0.39, 0.29) is 17.4 Å². The monoisotopic (exact) mass is 444 g/mol. The van der Waals surface area contributed by atoms with Crippen molar-refractivity contribution in [3.8, 4) is 0 Å². The van der Waals surface area contributed by atoms with Crippen molar-refractivity contribution in [1.82, 2.24) is 0 Å². The lowest BCUT2D eigenvalue weighted by atomic mass is 10.2. The van der Waals surface area contributed by atoms with Crippen molar-refractivity contribution in [2.24, 2.45) is 0 Å². The van der Waals surface area contributed by atoms with E-state index in [1.807, 2.05) is 30.3 Å². The zero-order valence-electron chi connectivity index (χ0n) is 16.3. The Kier molecular flexibility index (Phi) is 7.10. The molecular formula is C22H21ClN2O4S. The summed E-state index contributed by atoms with van der Waals surface area (Å²) in [5.74, 6) is -0.374. The second-order valence-corrected chi connectivity index (χ2v) is 8.71. The first-order valence-corrected chi connectivity index (χ1v) is 11.0. The maximum absolute atomic E-state index is 12.8. The van der Waals surface area contributed by atoms with Crippen LogP contribution in [0, 0.1) is 6.92 Å². The minimum Gasteiger partial charge on any atom is -0.367 e. The van der Waals surface area contributed by atoms with Crippen molar-refractivity contribution in [2.45, 2.75) is 18.4 Å². The highest BCUT2D eigenvalue weighted by molar-refractivity contribution is 7.92. The molecule has 0 unspecified atom stereocenters. The molecule has 0 aliphatic carbocycles. The van der Waals surface area contributed by atoms with Gasteiger partial charge in [-0.05, 0) is 48.4 Å². The van der Waals surface area contributed by atoms with Crippen LogP contribution in [0.1, 0.15) is 11.1 Å². The largest absolute Gasteiger partial charge is 0.367 e. The van der Waals surface area contributed by atoms with Gasteiger partial charge < -0.3 is 10.1 Å². The topological polar surface area (TPSA) is 84.5 Å². The summed E-state index contributed by atoms with van der Waals surface area (Å²) in [4.78, 5) is 12.2. The number of anilines is 2. The van der Waals surface area contributed by atoms with Crippen LogP contribution in [-0.2, 0) is 26.2 Å². The summed E-state index contributed by atoms with van der Waals surface area (Å²) in [5, 5.41) is 3.08. The Bertz CT molecular complexity index is 1130. The number of carbonyl (C=O) groups excluding carboxylic acids is 1. The molecule has 6 nitrogen and oxygen atoms in total. The molecule has 0 saturated heterocycles. The normalized spacial score (nSPS) is 11.1. The van der Waals surface area contributed by atoms with Crippen LogP contribution in [0.2, 0.25) is 5.02 Å². The van der Waals surface area contributed by atoms with Gasteiger partial charge in [0.1, 0.15) is 6.61 Å². The van der Waals surface area contributed by atoms with E-state index in [1.165, 1.54) is 12.1 Å². The average molecular weight is 445 g/mol. The average Bonchev–Trinajstić information content (AvgIpc) is 2.70. The van der Waals surface area contributed by atoms with Crippen molar-refractivity contribution >= 4 is 38.9 Å². The van der Waals surface area contributed by atoms with E-state index in [4.69, 9.17) is 16.3 Å². The van der Waals surface area contributed by atoms with Gasteiger partial charge in [-0.25, -0.2) is 8.42 Å². The van der Waals surface area contributed by atoms with Gasteiger partial charge in [-0.3, -0.25) is 9.52 Å². The van der Waals surface area contributed by atoms with E-state index in [9.17, 15) is 13.2 Å². The number of rotatable bonds is 8. The first-order chi connectivity index (χ1) is 14.3. The third kappa shape index (κ3) is 6.06. The smallest absolute Gasteiger partial charge is 0.262 e. The van der Waals surface area contributed by atoms with Crippen LogP contribution in [0.15, 0.2) is 77.7 Å². The van der Waals surface area contributed by atoms with E-state index >= 15 is 0 Å². The number of aryl methyl sites for hydroxylation is 1. The van der Waals surface area contributed by atoms with Gasteiger partial charge in [0, 0.05) is 10.7 Å². The second-order valence-electron chi connectivity index (χ2n) is 6.62. The summed E-state index contributed by atoms with van der Waals surface area (Å²) in [6, 6.07) is 20.6. The number of benzene rings is 3. The molecule has 30 heavy (non-hydrogen) atoms. The molecule has 3 rings (SSSR count). The van der Waals surface area contributed by atoms with Gasteiger partial charge in [0.15, 0.2) is 0 Å². The molecule has 0 aliphatic rings. The molecule has 0 aliphatic heterocycles. The number of carbonyl (C=O) groups is 1. The minimum atomic E-state index is -3.86. The molecular weight excluding hydrogens is 424 g/mol. The van der Waals surface area contributed by atoms with Crippen molar-refractivity contribution < 1.29 is 17.9 Å². The number of amides is 1. The van der Waals surface area contributed by atoms with Gasteiger partial charge in [-0.15, -0.1) is 0 Å². The lowest BCUT2D eigenvalue weighted by Crippen LogP contribution is -2.19. The van der Waals surface area contributed by atoms with Gasteiger partial charge in [0.05, 0.1) is 17.2 Å². The molecule has 3 aromatic rings. The van der Waals surface area contributed by atoms with Crippen LogP contribution in [0.4, 0.5) is 11.4 Å². The molecule has 0 atom stereocenters. The van der Waals surface area contributed by atoms with Gasteiger partial charge in [0.2, 0.25) is 5.91 Å². The Balaban J connectivity index is 1.66. The number of hydrogen-bond acceptors (Lipinski definition) is 4. The number of ether oxygens (including phenoxy) is 1. The third-order valence-electron chi connectivity index (χ3n) is 4.18. The molecule has 0 heterocycles. The van der Waals surface area contributed by atoms with Crippen LogP contribution < -0.4 is 10.0 Å². The summed E-state index contributed by atoms with van der Waals surface area (Å²) < 4.78 is 33.5. The van der Waals surface area contributed by atoms with Gasteiger partial charge in [0.25, 0.3) is 10.0 Å². The van der Waals surface area contributed by atoms with Crippen molar-refractivity contribution in [3.63, 3.8) is 0 Å². The predicted octanol–water partition coefficient (Wildman–Crippen LogP) is 4.60. The molecule has 0 aromatic heterocycles. The summed E-state index contributed by atoms with van der Waals surface area (Å²) in [6.07, 6.45) is 0.